The second-order valence-electron chi connectivity index (χ2n) is 15.1. The van der Waals surface area contributed by atoms with Gasteiger partial charge in [-0.3, -0.25) is 14.4 Å². The van der Waals surface area contributed by atoms with Crippen molar-refractivity contribution in [2.45, 2.75) is 96.6 Å². The second kappa shape index (κ2) is 6.69. The standard InChI is InChI=1S/C30H41NO6/c1-15-7-18-12-31-29(9-15,36-18)6-5-27(4)26(3)11-21(33)37-30(27,31)14-28-10-19-17(13-32)8-20(28)22(24(19)35)16(2)23(34)25(26)28/h15-20,22,25,32H,5-14H2,1-4H3/t15-,16+,17+,18+,19?,20+,22-,25+,26-,27-,28-,29-,30+/m0/s1. The molecule has 9 aliphatic rings. The molecule has 8 bridgehead atoms. The number of aliphatic hydroxyl groups excluding tert-OH is 1. The first-order chi connectivity index (χ1) is 17.5. The molecule has 37 heavy (non-hydrogen) atoms. The zero-order valence-electron chi connectivity index (χ0n) is 22.6. The summed E-state index contributed by atoms with van der Waals surface area (Å²) >= 11 is 0. The number of carbonyl (C=O) groups excluding carboxylic acids is 3. The molecule has 1 unspecified atom stereocenters. The van der Waals surface area contributed by atoms with Crippen LogP contribution in [0.3, 0.4) is 0 Å². The minimum atomic E-state index is -0.828. The van der Waals surface area contributed by atoms with E-state index in [2.05, 4.69) is 25.7 Å². The van der Waals surface area contributed by atoms with Crippen LogP contribution in [0.15, 0.2) is 0 Å². The molecule has 0 aromatic carbocycles. The van der Waals surface area contributed by atoms with E-state index in [1.54, 1.807) is 0 Å². The fraction of sp³-hybridized carbons (Fsp3) is 0.900. The van der Waals surface area contributed by atoms with E-state index in [4.69, 9.17) is 9.47 Å². The highest BCUT2D eigenvalue weighted by atomic mass is 16.6. The quantitative estimate of drug-likeness (QED) is 0.540. The van der Waals surface area contributed by atoms with Gasteiger partial charge in [-0.2, -0.15) is 0 Å². The lowest BCUT2D eigenvalue weighted by Gasteiger charge is -2.79. The van der Waals surface area contributed by atoms with E-state index in [0.717, 1.165) is 38.6 Å². The molecule has 1 N–H and O–H groups in total. The molecular formula is C30H41NO6. The fourth-order valence-electron chi connectivity index (χ4n) is 12.5. The third-order valence-electron chi connectivity index (χ3n) is 13.8. The molecule has 4 aliphatic heterocycles. The molecule has 0 aromatic rings. The van der Waals surface area contributed by atoms with E-state index in [0.29, 0.717) is 18.8 Å². The molecule has 9 fully saturated rings. The summed E-state index contributed by atoms with van der Waals surface area (Å²) in [6, 6.07) is 0. The summed E-state index contributed by atoms with van der Waals surface area (Å²) < 4.78 is 13.5. The topological polar surface area (TPSA) is 93.1 Å². The largest absolute Gasteiger partial charge is 0.443 e. The van der Waals surface area contributed by atoms with Crippen molar-refractivity contribution in [2.24, 2.45) is 57.7 Å². The van der Waals surface area contributed by atoms with Crippen molar-refractivity contribution in [3.8, 4) is 0 Å². The molecule has 7 nitrogen and oxygen atoms in total. The van der Waals surface area contributed by atoms with E-state index in [9.17, 15) is 19.5 Å². The lowest BCUT2D eigenvalue weighted by molar-refractivity contribution is -0.387. The van der Waals surface area contributed by atoms with E-state index < -0.39 is 16.9 Å². The van der Waals surface area contributed by atoms with Crippen molar-refractivity contribution in [1.29, 1.82) is 0 Å². The van der Waals surface area contributed by atoms with Crippen LogP contribution in [0.25, 0.3) is 0 Å². The molecule has 7 heteroatoms. The summed E-state index contributed by atoms with van der Waals surface area (Å²) in [6.45, 7) is 9.59. The summed E-state index contributed by atoms with van der Waals surface area (Å²) in [5.41, 5.74) is -2.54. The smallest absolute Gasteiger partial charge is 0.308 e. The molecule has 0 amide bonds. The second-order valence-corrected chi connectivity index (χ2v) is 15.1. The Kier molecular flexibility index (Phi) is 4.26. The van der Waals surface area contributed by atoms with Gasteiger partial charge < -0.3 is 14.6 Å². The number of ether oxygens (including phenoxy) is 2. The highest BCUT2D eigenvalue weighted by molar-refractivity contribution is 5.97. The third-order valence-corrected chi connectivity index (χ3v) is 13.8. The van der Waals surface area contributed by atoms with Crippen LogP contribution in [0.2, 0.25) is 0 Å². The predicted molar refractivity (Wildman–Crippen MR) is 132 cm³/mol. The molecule has 13 atom stereocenters. The number of rotatable bonds is 1. The van der Waals surface area contributed by atoms with Gasteiger partial charge in [-0.15, -0.1) is 0 Å². The van der Waals surface area contributed by atoms with Crippen LogP contribution >= 0.6 is 0 Å². The van der Waals surface area contributed by atoms with Crippen molar-refractivity contribution in [2.75, 3.05) is 13.2 Å². The van der Waals surface area contributed by atoms with E-state index in [1.165, 1.54) is 0 Å². The van der Waals surface area contributed by atoms with E-state index in [-0.39, 0.29) is 83.0 Å². The first kappa shape index (κ1) is 23.6. The Balaban J connectivity index is 1.36. The normalized spacial score (nSPS) is 61.5. The van der Waals surface area contributed by atoms with E-state index in [1.807, 2.05) is 6.92 Å². The summed E-state index contributed by atoms with van der Waals surface area (Å²) in [7, 11) is 0. The van der Waals surface area contributed by atoms with Crippen molar-refractivity contribution >= 4 is 17.5 Å². The Morgan fingerprint density at radius 2 is 1.84 bits per heavy atom. The molecule has 2 spiro atoms. The summed E-state index contributed by atoms with van der Waals surface area (Å²) in [5, 5.41) is 10.2. The number of carbonyl (C=O) groups is 3. The van der Waals surface area contributed by atoms with Crippen LogP contribution in [-0.4, -0.2) is 58.2 Å². The van der Waals surface area contributed by atoms with Crippen LogP contribution < -0.4 is 0 Å². The van der Waals surface area contributed by atoms with Gasteiger partial charge in [-0.25, -0.2) is 4.90 Å². The molecule has 5 saturated carbocycles. The SMILES string of the molecule is C[C@H]1C[C@@H]2CN3[C@](CC[C@@]4(C)[C@@]5(C)CC(=O)O[C@@]34C[C@@]34CC6C(=O)[C@H]([C@H]3C[C@@H]6CO)[C@@H](C)C(=O)[C@@H]45)(C1)O2. The summed E-state index contributed by atoms with van der Waals surface area (Å²) in [4.78, 5) is 44.2. The number of aliphatic hydroxyl groups is 1. The van der Waals surface area contributed by atoms with Gasteiger partial charge in [0.25, 0.3) is 0 Å². The Hall–Kier alpha value is -1.31. The Labute approximate surface area is 219 Å². The van der Waals surface area contributed by atoms with Crippen molar-refractivity contribution in [1.82, 2.24) is 4.90 Å². The Morgan fingerprint density at radius 1 is 1.05 bits per heavy atom. The van der Waals surface area contributed by atoms with Gasteiger partial charge in [0.05, 0.1) is 12.5 Å². The van der Waals surface area contributed by atoms with Gasteiger partial charge >= 0.3 is 5.97 Å². The first-order valence-electron chi connectivity index (χ1n) is 14.8. The van der Waals surface area contributed by atoms with Crippen LogP contribution in [0.5, 0.6) is 0 Å². The molecular weight excluding hydrogens is 470 g/mol. The maximum atomic E-state index is 14.4. The first-order valence-corrected chi connectivity index (χ1v) is 14.8. The highest BCUT2D eigenvalue weighted by Gasteiger charge is 2.85. The number of fused-ring (bicyclic) bond motifs is 3. The monoisotopic (exact) mass is 511 g/mol. The van der Waals surface area contributed by atoms with Crippen LogP contribution in [0, 0.1) is 57.7 Å². The number of piperidine rings is 1. The lowest BCUT2D eigenvalue weighted by atomic mass is 9.29. The van der Waals surface area contributed by atoms with Gasteiger partial charge in [0.15, 0.2) is 5.72 Å². The average Bonchev–Trinajstić information content (AvgIpc) is 3.11. The molecule has 4 heterocycles. The number of hydrogen-bond donors (Lipinski definition) is 1. The summed E-state index contributed by atoms with van der Waals surface area (Å²) in [6.07, 6.45) is 6.22. The lowest BCUT2D eigenvalue weighted by Crippen LogP contribution is -2.84. The zero-order valence-corrected chi connectivity index (χ0v) is 22.6. The van der Waals surface area contributed by atoms with Gasteiger partial charge in [0, 0.05) is 48.7 Å². The molecule has 0 aromatic heterocycles. The van der Waals surface area contributed by atoms with Crippen LogP contribution in [-0.2, 0) is 23.9 Å². The molecule has 5 aliphatic carbocycles. The number of nitrogens with zero attached hydrogens (tertiary/aromatic N) is 1. The highest BCUT2D eigenvalue weighted by Crippen LogP contribution is 2.80. The Bertz CT molecular complexity index is 1140. The number of ketones is 2. The maximum Gasteiger partial charge on any atom is 0.308 e. The van der Waals surface area contributed by atoms with Gasteiger partial charge in [0.2, 0.25) is 0 Å². The van der Waals surface area contributed by atoms with Crippen molar-refractivity contribution < 1.29 is 29.0 Å². The third kappa shape index (κ3) is 2.31. The maximum absolute atomic E-state index is 14.4. The zero-order chi connectivity index (χ0) is 25.9. The molecule has 202 valence electrons. The summed E-state index contributed by atoms with van der Waals surface area (Å²) in [5.74, 6) is -0.244. The van der Waals surface area contributed by atoms with Crippen molar-refractivity contribution in [3.05, 3.63) is 0 Å². The predicted octanol–water partition coefficient (Wildman–Crippen LogP) is 3.32. The number of esters is 1. The minimum absolute atomic E-state index is 0.0192. The minimum Gasteiger partial charge on any atom is -0.443 e. The average molecular weight is 512 g/mol. The fourth-order valence-corrected chi connectivity index (χ4v) is 12.5. The number of hydrogen-bond acceptors (Lipinski definition) is 7. The Morgan fingerprint density at radius 3 is 2.59 bits per heavy atom. The molecule has 0 radical (unpaired) electrons. The van der Waals surface area contributed by atoms with Crippen molar-refractivity contribution in [3.63, 3.8) is 0 Å². The number of Topliss-reactive ketones (excluding diaryl/α,β-unsaturated/α-hetero) is 2. The van der Waals surface area contributed by atoms with E-state index >= 15 is 0 Å². The van der Waals surface area contributed by atoms with Crippen LogP contribution in [0.1, 0.15) is 79.1 Å². The molecule has 9 rings (SSSR count). The van der Waals surface area contributed by atoms with Gasteiger partial charge in [0.1, 0.15) is 17.3 Å². The molecule has 4 saturated heterocycles. The van der Waals surface area contributed by atoms with Gasteiger partial charge in [-0.1, -0.05) is 27.7 Å². The van der Waals surface area contributed by atoms with Gasteiger partial charge in [-0.05, 0) is 67.1 Å². The van der Waals surface area contributed by atoms with Crippen LogP contribution in [0.4, 0.5) is 0 Å².